The van der Waals surface area contributed by atoms with E-state index in [0.717, 1.165) is 17.8 Å². The number of hydrogen-bond acceptors (Lipinski definition) is 6. The third-order valence-electron chi connectivity index (χ3n) is 6.15. The number of alkyl halides is 6. The van der Waals surface area contributed by atoms with E-state index in [-0.39, 0.29) is 47.7 Å². The predicted octanol–water partition coefficient (Wildman–Crippen LogP) is 4.78. The fraction of sp³-hybridized carbons (Fsp3) is 0.542. The smallest absolute Gasteiger partial charge is 0.382 e. The van der Waals surface area contributed by atoms with Gasteiger partial charge in [0, 0.05) is 27.7 Å². The number of hydrogen-bond donors (Lipinski definition) is 1. The third-order valence-corrected chi connectivity index (χ3v) is 6.98. The van der Waals surface area contributed by atoms with Gasteiger partial charge in [-0.05, 0) is 61.3 Å². The highest BCUT2D eigenvalue weighted by Gasteiger charge is 2.38. The number of piperidine rings is 1. The van der Waals surface area contributed by atoms with Crippen LogP contribution in [0.4, 0.5) is 31.1 Å². The summed E-state index contributed by atoms with van der Waals surface area (Å²) in [5, 5.41) is 2.29. The molecule has 2 saturated heterocycles. The number of rotatable bonds is 7. The lowest BCUT2D eigenvalue weighted by molar-refractivity contribution is -0.143. The molecule has 0 saturated carbocycles. The second-order valence-electron chi connectivity index (χ2n) is 9.21. The standard InChI is InChI=1S/C24H28F6N4O3S/c1-33(2)21(35)18(13-37-3)31-20-19(38-22(36)32-20)10-14-6-8-34(9-7-14)12-15-4-5-16(23(25,26)27)11-17(15)24(28,29)30/h4-5,10-11,14,18H,6-9,12-13H2,1-3H3,(H,31,32,36)/t18-/m0/s1. The van der Waals surface area contributed by atoms with Crippen LogP contribution in [0.5, 0.6) is 0 Å². The maximum atomic E-state index is 13.5. The van der Waals surface area contributed by atoms with Crippen LogP contribution in [0.2, 0.25) is 0 Å². The number of carbonyl (C=O) groups excluding carboxylic acids is 2. The number of halogens is 6. The lowest BCUT2D eigenvalue weighted by atomic mass is 9.95. The van der Waals surface area contributed by atoms with Crippen LogP contribution in [-0.4, -0.2) is 73.7 Å². The third kappa shape index (κ3) is 7.73. The van der Waals surface area contributed by atoms with E-state index in [2.05, 4.69) is 10.3 Å². The summed E-state index contributed by atoms with van der Waals surface area (Å²) in [7, 11) is 4.60. The largest absolute Gasteiger partial charge is 0.416 e. The van der Waals surface area contributed by atoms with Gasteiger partial charge in [0.1, 0.15) is 5.84 Å². The van der Waals surface area contributed by atoms with Gasteiger partial charge in [-0.25, -0.2) is 0 Å². The summed E-state index contributed by atoms with van der Waals surface area (Å²) in [4.78, 5) is 32.5. The van der Waals surface area contributed by atoms with Crippen LogP contribution in [0, 0.1) is 5.92 Å². The van der Waals surface area contributed by atoms with Crippen LogP contribution in [0.15, 0.2) is 34.2 Å². The van der Waals surface area contributed by atoms with E-state index in [9.17, 15) is 35.9 Å². The van der Waals surface area contributed by atoms with E-state index in [1.165, 1.54) is 12.0 Å². The van der Waals surface area contributed by atoms with E-state index < -0.39 is 29.5 Å². The highest BCUT2D eigenvalue weighted by atomic mass is 32.2. The van der Waals surface area contributed by atoms with Crippen molar-refractivity contribution >= 4 is 28.7 Å². The summed E-state index contributed by atoms with van der Waals surface area (Å²) in [6.45, 7) is 0.715. The Labute approximate surface area is 220 Å². The van der Waals surface area contributed by atoms with Crippen molar-refractivity contribution in [3.05, 3.63) is 45.9 Å². The summed E-state index contributed by atoms with van der Waals surface area (Å²) >= 11 is 0.943. The number of benzene rings is 1. The Morgan fingerprint density at radius 3 is 2.42 bits per heavy atom. The molecule has 1 aromatic carbocycles. The first-order chi connectivity index (χ1) is 17.7. The second kappa shape index (κ2) is 12.1. The zero-order valence-electron chi connectivity index (χ0n) is 20.9. The Kier molecular flexibility index (Phi) is 9.52. The van der Waals surface area contributed by atoms with Crippen LogP contribution < -0.4 is 5.32 Å². The minimum atomic E-state index is -4.91. The summed E-state index contributed by atoms with van der Waals surface area (Å²) in [6, 6.07) is 0.871. The van der Waals surface area contributed by atoms with E-state index in [1.807, 2.05) is 6.08 Å². The number of thioether (sulfide) groups is 1. The van der Waals surface area contributed by atoms with E-state index in [0.29, 0.717) is 36.9 Å². The number of likely N-dealkylation sites (N-methyl/N-ethyl adjacent to an activating group) is 1. The molecule has 3 rings (SSSR count). The molecule has 2 amide bonds. The predicted molar refractivity (Wildman–Crippen MR) is 130 cm³/mol. The van der Waals surface area contributed by atoms with Crippen molar-refractivity contribution in [3.63, 3.8) is 0 Å². The molecule has 0 bridgehead atoms. The summed E-state index contributed by atoms with van der Waals surface area (Å²) in [6.07, 6.45) is -6.80. The number of amidine groups is 1. The lowest BCUT2D eigenvalue weighted by Gasteiger charge is -2.31. The molecule has 0 unspecified atom stereocenters. The second-order valence-corrected chi connectivity index (χ2v) is 10.2. The van der Waals surface area contributed by atoms with Crippen molar-refractivity contribution in [1.29, 1.82) is 0 Å². The number of nitrogens with zero attached hydrogens (tertiary/aromatic N) is 3. The zero-order chi connectivity index (χ0) is 28.3. The number of carbonyl (C=O) groups is 2. The minimum Gasteiger partial charge on any atom is -0.382 e. The molecule has 0 aromatic heterocycles. The molecule has 14 heteroatoms. The molecule has 0 aliphatic carbocycles. The topological polar surface area (TPSA) is 74.2 Å². The molecule has 0 spiro atoms. The van der Waals surface area contributed by atoms with Gasteiger partial charge in [0.05, 0.1) is 22.6 Å². The van der Waals surface area contributed by atoms with Crippen LogP contribution >= 0.6 is 11.8 Å². The molecule has 7 nitrogen and oxygen atoms in total. The molecule has 2 aliphatic heterocycles. The van der Waals surface area contributed by atoms with Gasteiger partial charge in [0.15, 0.2) is 6.04 Å². The van der Waals surface area contributed by atoms with Gasteiger partial charge in [-0.3, -0.25) is 19.5 Å². The first-order valence-corrected chi connectivity index (χ1v) is 12.5. The average Bonchev–Trinajstić information content (AvgIpc) is 3.16. The first kappa shape index (κ1) is 30.0. The SMILES string of the molecule is COC[C@H](N=C1NC(=O)SC1=CC1CCN(Cc2ccc(C(F)(F)F)cc2C(F)(F)F)CC1)C(=O)N(C)C. The number of aliphatic imine (C=N–C) groups is 1. The highest BCUT2D eigenvalue weighted by Crippen LogP contribution is 2.38. The summed E-state index contributed by atoms with van der Waals surface area (Å²) in [5.41, 5.74) is -2.84. The van der Waals surface area contributed by atoms with Crippen molar-refractivity contribution in [2.24, 2.45) is 10.9 Å². The Morgan fingerprint density at radius 2 is 1.87 bits per heavy atom. The maximum Gasteiger partial charge on any atom is 0.416 e. The average molecular weight is 567 g/mol. The molecule has 2 aliphatic rings. The lowest BCUT2D eigenvalue weighted by Crippen LogP contribution is -2.37. The monoisotopic (exact) mass is 566 g/mol. The summed E-state index contributed by atoms with van der Waals surface area (Å²) < 4.78 is 84.4. The van der Waals surface area contributed by atoms with Crippen LogP contribution in [-0.2, 0) is 28.4 Å². The number of likely N-dealkylation sites (tertiary alicyclic amines) is 1. The van der Waals surface area contributed by atoms with Crippen molar-refractivity contribution in [3.8, 4) is 0 Å². The van der Waals surface area contributed by atoms with Crippen molar-refractivity contribution in [1.82, 2.24) is 15.1 Å². The zero-order valence-corrected chi connectivity index (χ0v) is 21.8. The van der Waals surface area contributed by atoms with Crippen molar-refractivity contribution in [2.75, 3.05) is 40.9 Å². The first-order valence-electron chi connectivity index (χ1n) is 11.7. The van der Waals surface area contributed by atoms with Gasteiger partial charge >= 0.3 is 12.4 Å². The molecule has 1 atom stereocenters. The Hall–Kier alpha value is -2.58. The Morgan fingerprint density at radius 1 is 1.21 bits per heavy atom. The number of allylic oxidation sites excluding steroid dienone is 1. The Balaban J connectivity index is 1.71. The molecule has 1 N–H and O–H groups in total. The van der Waals surface area contributed by atoms with Crippen molar-refractivity contribution in [2.45, 2.75) is 37.8 Å². The number of methoxy groups -OCH3 is 1. The highest BCUT2D eigenvalue weighted by molar-refractivity contribution is 8.18. The normalized spacial score (nSPS) is 20.7. The number of nitrogens with one attached hydrogen (secondary N) is 1. The van der Waals surface area contributed by atoms with Gasteiger partial charge in [-0.1, -0.05) is 12.1 Å². The van der Waals surface area contributed by atoms with Gasteiger partial charge in [0.2, 0.25) is 5.91 Å². The minimum absolute atomic E-state index is 0.00762. The van der Waals surface area contributed by atoms with E-state index in [1.54, 1.807) is 19.0 Å². The summed E-state index contributed by atoms with van der Waals surface area (Å²) in [5.74, 6) is -0.0364. The molecular weight excluding hydrogens is 538 g/mol. The Bertz CT molecular complexity index is 1100. The van der Waals surface area contributed by atoms with Crippen LogP contribution in [0.3, 0.4) is 0 Å². The van der Waals surface area contributed by atoms with E-state index in [4.69, 9.17) is 4.74 Å². The molecular formula is C24H28F6N4O3S. The molecule has 2 fully saturated rings. The number of ether oxygens (including phenoxy) is 1. The molecule has 0 radical (unpaired) electrons. The van der Waals surface area contributed by atoms with Crippen LogP contribution in [0.25, 0.3) is 0 Å². The molecule has 1 aromatic rings. The van der Waals surface area contributed by atoms with Gasteiger partial charge < -0.3 is 15.0 Å². The van der Waals surface area contributed by atoms with Gasteiger partial charge in [0.25, 0.3) is 5.24 Å². The molecule has 2 heterocycles. The van der Waals surface area contributed by atoms with Gasteiger partial charge in [-0.2, -0.15) is 26.3 Å². The van der Waals surface area contributed by atoms with E-state index >= 15 is 0 Å². The van der Waals surface area contributed by atoms with Gasteiger partial charge in [-0.15, -0.1) is 0 Å². The van der Waals surface area contributed by atoms with Crippen LogP contribution in [0.1, 0.15) is 29.5 Å². The molecule has 210 valence electrons. The fourth-order valence-corrected chi connectivity index (χ4v) is 5.01. The number of amides is 2. The maximum absolute atomic E-state index is 13.5. The molecule has 38 heavy (non-hydrogen) atoms. The quantitative estimate of drug-likeness (QED) is 0.481. The van der Waals surface area contributed by atoms with Crippen molar-refractivity contribution < 1.29 is 40.7 Å². The fourth-order valence-electron chi connectivity index (χ4n) is 4.20.